The monoisotopic (exact) mass is 423 g/mol. The summed E-state index contributed by atoms with van der Waals surface area (Å²) in [4.78, 5) is 4.48. The maximum Gasteiger partial charge on any atom is 0.245 e. The number of nitrogens with zero attached hydrogens (tertiary/aromatic N) is 3. The molecule has 4 rings (SSSR count). The summed E-state index contributed by atoms with van der Waals surface area (Å²) >= 11 is 12.3. The average molecular weight is 424 g/mol. The molecule has 27 heavy (non-hydrogen) atoms. The fourth-order valence-electron chi connectivity index (χ4n) is 3.18. The number of halogens is 2. The minimum absolute atomic E-state index is 0.0735. The molecule has 1 fully saturated rings. The molecule has 2 aromatic carbocycles. The number of hydrogen-bond acceptors (Lipinski definition) is 5. The topological polar surface area (TPSA) is 76.3 Å². The number of benzene rings is 2. The molecule has 0 radical (unpaired) electrons. The van der Waals surface area contributed by atoms with E-state index in [2.05, 4.69) is 10.1 Å². The zero-order chi connectivity index (χ0) is 19.0. The molecule has 1 atom stereocenters. The van der Waals surface area contributed by atoms with Gasteiger partial charge in [0.15, 0.2) is 0 Å². The third-order valence-electron chi connectivity index (χ3n) is 4.47. The van der Waals surface area contributed by atoms with Crippen molar-refractivity contribution in [3.8, 4) is 11.4 Å². The second kappa shape index (κ2) is 7.24. The molecular weight excluding hydrogens is 409 g/mol. The second-order valence-electron chi connectivity index (χ2n) is 6.14. The van der Waals surface area contributed by atoms with Gasteiger partial charge in [0.1, 0.15) is 10.9 Å². The smallest absolute Gasteiger partial charge is 0.245 e. The lowest BCUT2D eigenvalue weighted by Crippen LogP contribution is -2.31. The maximum absolute atomic E-state index is 13.1. The molecule has 9 heteroatoms. The lowest BCUT2D eigenvalue weighted by atomic mass is 10.2. The van der Waals surface area contributed by atoms with Gasteiger partial charge in [0, 0.05) is 12.1 Å². The molecule has 0 spiro atoms. The highest BCUT2D eigenvalue weighted by Gasteiger charge is 2.40. The highest BCUT2D eigenvalue weighted by molar-refractivity contribution is 7.89. The number of hydrogen-bond donors (Lipinski definition) is 0. The van der Waals surface area contributed by atoms with Crippen molar-refractivity contribution in [2.24, 2.45) is 0 Å². The predicted octanol–water partition coefficient (Wildman–Crippen LogP) is 4.57. The Balaban J connectivity index is 1.69. The molecule has 1 aliphatic heterocycles. The Labute approximate surface area is 166 Å². The van der Waals surface area contributed by atoms with Crippen LogP contribution in [0.15, 0.2) is 57.9 Å². The lowest BCUT2D eigenvalue weighted by Gasteiger charge is -2.21. The van der Waals surface area contributed by atoms with Gasteiger partial charge in [-0.3, -0.25) is 0 Å². The van der Waals surface area contributed by atoms with Crippen LogP contribution in [0.4, 0.5) is 0 Å². The Morgan fingerprint density at radius 1 is 1.04 bits per heavy atom. The van der Waals surface area contributed by atoms with Crippen LogP contribution in [0.5, 0.6) is 0 Å². The quantitative estimate of drug-likeness (QED) is 0.613. The molecule has 2 heterocycles. The first-order chi connectivity index (χ1) is 13.0. The zero-order valence-corrected chi connectivity index (χ0v) is 16.4. The van der Waals surface area contributed by atoms with E-state index < -0.39 is 16.1 Å². The standard InChI is InChI=1S/C18H15Cl2N3O3S/c19-13-7-2-1-6-12(13)17-21-18(26-22-17)15-9-5-11-23(15)27(24,25)16-10-4-3-8-14(16)20/h1-4,6-8,10,15H,5,9,11H2/t15-/m1/s1. The fourth-order valence-corrected chi connectivity index (χ4v) is 5.54. The lowest BCUT2D eigenvalue weighted by molar-refractivity contribution is 0.290. The Bertz CT molecular complexity index is 1080. The Morgan fingerprint density at radius 3 is 2.48 bits per heavy atom. The van der Waals surface area contributed by atoms with Gasteiger partial charge in [-0.05, 0) is 37.1 Å². The molecular formula is C18H15Cl2N3O3S. The average Bonchev–Trinajstić information content (AvgIpc) is 3.32. The van der Waals surface area contributed by atoms with Crippen molar-refractivity contribution >= 4 is 33.2 Å². The van der Waals surface area contributed by atoms with Gasteiger partial charge >= 0.3 is 0 Å². The molecule has 0 aliphatic carbocycles. The second-order valence-corrected chi connectivity index (χ2v) is 8.81. The number of sulfonamides is 1. The normalized spacial score (nSPS) is 18.1. The van der Waals surface area contributed by atoms with Gasteiger partial charge in [-0.1, -0.05) is 52.6 Å². The maximum atomic E-state index is 13.1. The summed E-state index contributed by atoms with van der Waals surface area (Å²) < 4.78 is 33.0. The van der Waals surface area contributed by atoms with Gasteiger partial charge in [-0.2, -0.15) is 9.29 Å². The van der Waals surface area contributed by atoms with Crippen molar-refractivity contribution in [3.63, 3.8) is 0 Å². The summed E-state index contributed by atoms with van der Waals surface area (Å²) in [5.41, 5.74) is 0.632. The van der Waals surface area contributed by atoms with Crippen LogP contribution in [-0.4, -0.2) is 29.4 Å². The summed E-state index contributed by atoms with van der Waals surface area (Å²) in [6.07, 6.45) is 1.28. The van der Waals surface area contributed by atoms with Crippen molar-refractivity contribution in [2.75, 3.05) is 6.54 Å². The predicted molar refractivity (Wildman–Crippen MR) is 102 cm³/mol. The molecule has 0 amide bonds. The molecule has 0 bridgehead atoms. The van der Waals surface area contributed by atoms with Gasteiger partial charge in [-0.15, -0.1) is 0 Å². The van der Waals surface area contributed by atoms with Crippen LogP contribution < -0.4 is 0 Å². The van der Waals surface area contributed by atoms with E-state index in [0.717, 1.165) is 0 Å². The molecule has 1 saturated heterocycles. The van der Waals surface area contributed by atoms with Crippen LogP contribution in [0.2, 0.25) is 10.0 Å². The molecule has 1 aromatic heterocycles. The van der Waals surface area contributed by atoms with E-state index in [9.17, 15) is 8.42 Å². The summed E-state index contributed by atoms with van der Waals surface area (Å²) in [6, 6.07) is 13.0. The van der Waals surface area contributed by atoms with E-state index in [4.69, 9.17) is 27.7 Å². The van der Waals surface area contributed by atoms with E-state index in [1.807, 2.05) is 12.1 Å². The van der Waals surface area contributed by atoms with Crippen LogP contribution >= 0.6 is 23.2 Å². The molecule has 6 nitrogen and oxygen atoms in total. The van der Waals surface area contributed by atoms with Crippen molar-refractivity contribution in [3.05, 3.63) is 64.5 Å². The van der Waals surface area contributed by atoms with Crippen molar-refractivity contribution in [2.45, 2.75) is 23.8 Å². The van der Waals surface area contributed by atoms with Gasteiger partial charge in [0.25, 0.3) is 0 Å². The third-order valence-corrected chi connectivity index (χ3v) is 7.21. The number of aromatic nitrogens is 2. The summed E-state index contributed by atoms with van der Waals surface area (Å²) in [7, 11) is -3.78. The zero-order valence-electron chi connectivity index (χ0n) is 14.0. The fraction of sp³-hybridized carbons (Fsp3) is 0.222. The van der Waals surface area contributed by atoms with Crippen molar-refractivity contribution in [1.82, 2.24) is 14.4 Å². The summed E-state index contributed by atoms with van der Waals surface area (Å²) in [5, 5.41) is 4.66. The Kier molecular flexibility index (Phi) is 4.94. The van der Waals surface area contributed by atoms with Gasteiger partial charge in [-0.25, -0.2) is 8.42 Å². The number of rotatable bonds is 4. The SMILES string of the molecule is O=S(=O)(c1ccccc1Cl)N1CCC[C@@H]1c1nc(-c2ccccc2Cl)no1. The summed E-state index contributed by atoms with van der Waals surface area (Å²) in [6.45, 7) is 0.363. The van der Waals surface area contributed by atoms with Crippen LogP contribution in [0, 0.1) is 0 Å². The Hall–Kier alpha value is -1.93. The molecule has 140 valence electrons. The minimum atomic E-state index is -3.78. The largest absolute Gasteiger partial charge is 0.337 e. The van der Waals surface area contributed by atoms with E-state index >= 15 is 0 Å². The first-order valence-electron chi connectivity index (χ1n) is 8.33. The molecule has 3 aromatic rings. The van der Waals surface area contributed by atoms with Gasteiger partial charge in [0.05, 0.1) is 10.0 Å². The van der Waals surface area contributed by atoms with Crippen LogP contribution in [-0.2, 0) is 10.0 Å². The first kappa shape index (κ1) is 18.4. The van der Waals surface area contributed by atoms with Gasteiger partial charge < -0.3 is 4.52 Å². The first-order valence-corrected chi connectivity index (χ1v) is 10.5. The summed E-state index contributed by atoms with van der Waals surface area (Å²) in [5.74, 6) is 0.579. The molecule has 0 saturated carbocycles. The highest BCUT2D eigenvalue weighted by Crippen LogP contribution is 2.38. The molecule has 0 N–H and O–H groups in total. The Morgan fingerprint density at radius 2 is 1.74 bits per heavy atom. The minimum Gasteiger partial charge on any atom is -0.337 e. The van der Waals surface area contributed by atoms with Crippen molar-refractivity contribution in [1.29, 1.82) is 0 Å². The van der Waals surface area contributed by atoms with E-state index in [-0.39, 0.29) is 15.8 Å². The molecule has 0 unspecified atom stereocenters. The van der Waals surface area contributed by atoms with E-state index in [1.54, 1.807) is 30.3 Å². The van der Waals surface area contributed by atoms with Crippen LogP contribution in [0.25, 0.3) is 11.4 Å². The third kappa shape index (κ3) is 3.36. The van der Waals surface area contributed by atoms with Crippen molar-refractivity contribution < 1.29 is 12.9 Å². The molecule has 1 aliphatic rings. The van der Waals surface area contributed by atoms with Gasteiger partial charge in [0.2, 0.25) is 21.7 Å². The van der Waals surface area contributed by atoms with E-state index in [0.29, 0.717) is 35.8 Å². The highest BCUT2D eigenvalue weighted by atomic mass is 35.5. The van der Waals surface area contributed by atoms with Crippen LogP contribution in [0.1, 0.15) is 24.8 Å². The van der Waals surface area contributed by atoms with Crippen LogP contribution in [0.3, 0.4) is 0 Å². The van der Waals surface area contributed by atoms with E-state index in [1.165, 1.54) is 10.4 Å².